The van der Waals surface area contributed by atoms with Crippen molar-refractivity contribution in [3.05, 3.63) is 0 Å². The number of carbonyl (C=O) groups excluding carboxylic acids is 3. The van der Waals surface area contributed by atoms with E-state index in [9.17, 15) is 14.4 Å². The minimum atomic E-state index is -0.833. The second kappa shape index (κ2) is 16.2. The number of aliphatic carboxylic acids is 1. The van der Waals surface area contributed by atoms with Gasteiger partial charge in [-0.2, -0.15) is 0 Å². The molecule has 0 bridgehead atoms. The van der Waals surface area contributed by atoms with Crippen LogP contribution in [-0.4, -0.2) is 55.7 Å². The van der Waals surface area contributed by atoms with Crippen molar-refractivity contribution in [2.45, 2.75) is 13.8 Å². The first-order valence-corrected chi connectivity index (χ1v) is 5.27. The van der Waals surface area contributed by atoms with Crippen LogP contribution in [0.15, 0.2) is 0 Å². The van der Waals surface area contributed by atoms with Gasteiger partial charge in [0.15, 0.2) is 6.61 Å². The molecule has 0 aliphatic rings. The number of hydrogen-bond donors (Lipinski definition) is 1. The van der Waals surface area contributed by atoms with E-state index in [1.807, 2.05) is 0 Å². The molecule has 0 heterocycles. The molecule has 0 fully saturated rings. The number of carboxylic acid groups (broad SMARTS) is 1. The highest BCUT2D eigenvalue weighted by molar-refractivity contribution is 6.26. The van der Waals surface area contributed by atoms with E-state index in [1.54, 1.807) is 0 Å². The molecule has 0 aliphatic heterocycles. The van der Waals surface area contributed by atoms with Gasteiger partial charge in [0.2, 0.25) is 0 Å². The minimum Gasteiger partial charge on any atom is -0.481 e. The second-order valence-electron chi connectivity index (χ2n) is 2.59. The third-order valence-electron chi connectivity index (χ3n) is 0.958. The number of esters is 3. The van der Waals surface area contributed by atoms with Crippen LogP contribution < -0.4 is 0 Å². The monoisotopic (exact) mass is 300 g/mol. The van der Waals surface area contributed by atoms with Crippen molar-refractivity contribution in [3.8, 4) is 0 Å². The highest BCUT2D eigenvalue weighted by Gasteiger charge is 2.00. The number of ether oxygens (including phenoxy) is 3. The molecule has 9 heteroatoms. The van der Waals surface area contributed by atoms with Crippen LogP contribution in [-0.2, 0) is 33.4 Å². The van der Waals surface area contributed by atoms with E-state index in [1.165, 1.54) is 21.1 Å². The Morgan fingerprint density at radius 2 is 1.37 bits per heavy atom. The number of alkyl halides is 1. The van der Waals surface area contributed by atoms with E-state index in [0.717, 1.165) is 6.92 Å². The average Bonchev–Trinajstić information content (AvgIpc) is 2.34. The first-order chi connectivity index (χ1) is 8.70. The van der Waals surface area contributed by atoms with Crippen molar-refractivity contribution >= 4 is 35.5 Å². The van der Waals surface area contributed by atoms with E-state index in [4.69, 9.17) is 21.5 Å². The van der Waals surface area contributed by atoms with Crippen LogP contribution in [0.3, 0.4) is 0 Å². The molecule has 0 saturated carbocycles. The average molecular weight is 301 g/mol. The van der Waals surface area contributed by atoms with Gasteiger partial charge in [-0.15, -0.1) is 11.6 Å². The molecule has 0 saturated heterocycles. The predicted molar refractivity (Wildman–Crippen MR) is 64.7 cm³/mol. The molecule has 0 aliphatic carbocycles. The van der Waals surface area contributed by atoms with Crippen LogP contribution in [0.2, 0.25) is 0 Å². The maximum atomic E-state index is 10.2. The van der Waals surface area contributed by atoms with Gasteiger partial charge in [0.25, 0.3) is 5.97 Å². The summed E-state index contributed by atoms with van der Waals surface area (Å²) in [5.74, 6) is -2.32. The predicted octanol–water partition coefficient (Wildman–Crippen LogP) is 0.212. The number of halogens is 1. The van der Waals surface area contributed by atoms with Gasteiger partial charge in [-0.05, 0) is 0 Å². The van der Waals surface area contributed by atoms with Gasteiger partial charge in [0.1, 0.15) is 5.88 Å². The minimum absolute atomic E-state index is 0.0590. The molecular weight excluding hydrogens is 284 g/mol. The Balaban J connectivity index is -0.000000222. The standard InChI is InChI=1S/C5H8O4.C3H5ClO2.C2H4O2/c1-4(6)9-3-5(7)8-2;1-6-3(5)2-4;1-2(3)4/h3H2,1-2H3;2H2,1H3;1H3,(H,3,4). The third kappa shape index (κ3) is 38.6. The molecule has 8 nitrogen and oxygen atoms in total. The number of carboxylic acids is 1. The molecular formula is C10H17ClO8. The SMILES string of the molecule is CC(=O)O.COC(=O)CCl.COC(=O)COC(C)=O. The van der Waals surface area contributed by atoms with E-state index in [2.05, 4.69) is 14.2 Å². The Hall–Kier alpha value is -1.83. The van der Waals surface area contributed by atoms with Gasteiger partial charge >= 0.3 is 17.9 Å². The fraction of sp³-hybridized carbons (Fsp3) is 0.600. The lowest BCUT2D eigenvalue weighted by Crippen LogP contribution is -2.12. The number of rotatable bonds is 3. The van der Waals surface area contributed by atoms with Gasteiger partial charge < -0.3 is 19.3 Å². The first kappa shape index (κ1) is 22.4. The zero-order valence-electron chi connectivity index (χ0n) is 11.1. The van der Waals surface area contributed by atoms with Crippen molar-refractivity contribution in [2.75, 3.05) is 26.7 Å². The molecule has 112 valence electrons. The van der Waals surface area contributed by atoms with Crippen LogP contribution in [0.25, 0.3) is 0 Å². The molecule has 0 atom stereocenters. The summed E-state index contributed by atoms with van der Waals surface area (Å²) in [5, 5.41) is 7.42. The number of methoxy groups -OCH3 is 2. The maximum Gasteiger partial charge on any atom is 0.344 e. The van der Waals surface area contributed by atoms with Crippen molar-refractivity contribution in [2.24, 2.45) is 0 Å². The molecule has 0 unspecified atom stereocenters. The molecule has 0 aromatic heterocycles. The Kier molecular flexibility index (Phi) is 19.0. The molecule has 0 radical (unpaired) electrons. The van der Waals surface area contributed by atoms with Gasteiger partial charge in [0.05, 0.1) is 14.2 Å². The van der Waals surface area contributed by atoms with Crippen molar-refractivity contribution < 1.29 is 38.5 Å². The van der Waals surface area contributed by atoms with Gasteiger partial charge in [-0.1, -0.05) is 0 Å². The maximum absolute atomic E-state index is 10.2. The zero-order chi connectivity index (χ0) is 15.8. The second-order valence-corrected chi connectivity index (χ2v) is 2.85. The van der Waals surface area contributed by atoms with Crippen LogP contribution in [0.5, 0.6) is 0 Å². The lowest BCUT2D eigenvalue weighted by molar-refractivity contribution is -0.155. The van der Waals surface area contributed by atoms with Gasteiger partial charge in [-0.25, -0.2) is 4.79 Å². The van der Waals surface area contributed by atoms with E-state index in [-0.39, 0.29) is 12.5 Å². The summed E-state index contributed by atoms with van der Waals surface area (Å²) in [7, 11) is 2.52. The van der Waals surface area contributed by atoms with E-state index >= 15 is 0 Å². The van der Waals surface area contributed by atoms with Crippen molar-refractivity contribution in [1.82, 2.24) is 0 Å². The summed E-state index contributed by atoms with van der Waals surface area (Å²) in [6, 6.07) is 0. The zero-order valence-corrected chi connectivity index (χ0v) is 11.9. The van der Waals surface area contributed by atoms with Crippen molar-refractivity contribution in [3.63, 3.8) is 0 Å². The van der Waals surface area contributed by atoms with E-state index in [0.29, 0.717) is 0 Å². The molecule has 0 amide bonds. The molecule has 1 N–H and O–H groups in total. The Labute approximate surface area is 115 Å². The number of hydrogen-bond acceptors (Lipinski definition) is 7. The van der Waals surface area contributed by atoms with Crippen molar-refractivity contribution in [1.29, 1.82) is 0 Å². The molecule has 0 spiro atoms. The molecule has 19 heavy (non-hydrogen) atoms. The van der Waals surface area contributed by atoms with Crippen LogP contribution >= 0.6 is 11.6 Å². The normalized spacial score (nSPS) is 7.63. The number of carbonyl (C=O) groups is 4. The Morgan fingerprint density at radius 3 is 1.53 bits per heavy atom. The summed E-state index contributed by atoms with van der Waals surface area (Å²) in [6.07, 6.45) is 0. The summed E-state index contributed by atoms with van der Waals surface area (Å²) in [4.78, 5) is 39.1. The lowest BCUT2D eigenvalue weighted by atomic mass is 10.7. The van der Waals surface area contributed by atoms with Crippen LogP contribution in [0, 0.1) is 0 Å². The molecule has 0 aromatic rings. The fourth-order valence-corrected chi connectivity index (χ4v) is 0.383. The summed E-state index contributed by atoms with van der Waals surface area (Å²) < 4.78 is 12.6. The highest BCUT2D eigenvalue weighted by Crippen LogP contribution is 1.78. The van der Waals surface area contributed by atoms with E-state index < -0.39 is 23.9 Å². The molecule has 0 rings (SSSR count). The Morgan fingerprint density at radius 1 is 1.00 bits per heavy atom. The summed E-state index contributed by atoms with van der Waals surface area (Å²) in [5.41, 5.74) is 0. The third-order valence-corrected chi connectivity index (χ3v) is 1.18. The van der Waals surface area contributed by atoms with Gasteiger partial charge in [0, 0.05) is 13.8 Å². The fourth-order valence-electron chi connectivity index (χ4n) is 0.274. The quantitative estimate of drug-likeness (QED) is 0.447. The van der Waals surface area contributed by atoms with Crippen LogP contribution in [0.1, 0.15) is 13.8 Å². The lowest BCUT2D eigenvalue weighted by Gasteiger charge is -1.97. The smallest absolute Gasteiger partial charge is 0.344 e. The first-order valence-electron chi connectivity index (χ1n) is 4.73. The topological polar surface area (TPSA) is 116 Å². The molecule has 0 aromatic carbocycles. The summed E-state index contributed by atoms with van der Waals surface area (Å²) in [6.45, 7) is 2.01. The Bertz CT molecular complexity index is 279. The summed E-state index contributed by atoms with van der Waals surface area (Å²) >= 11 is 4.98. The largest absolute Gasteiger partial charge is 0.481 e. The van der Waals surface area contributed by atoms with Gasteiger partial charge in [-0.3, -0.25) is 14.4 Å². The highest BCUT2D eigenvalue weighted by atomic mass is 35.5. The van der Waals surface area contributed by atoms with Crippen LogP contribution in [0.4, 0.5) is 0 Å².